The minimum atomic E-state index is -0.0120. The van der Waals surface area contributed by atoms with Crippen LogP contribution in [0.3, 0.4) is 0 Å². The van der Waals surface area contributed by atoms with E-state index >= 15 is 0 Å². The second-order valence-electron chi connectivity index (χ2n) is 7.58. The zero-order valence-corrected chi connectivity index (χ0v) is 15.8. The van der Waals surface area contributed by atoms with E-state index < -0.39 is 0 Å². The number of anilines is 1. The molecule has 3 aromatic rings. The minimum absolute atomic E-state index is 0.0120. The summed E-state index contributed by atoms with van der Waals surface area (Å²) in [5, 5.41) is 6.95. The molecule has 5 nitrogen and oxygen atoms in total. The fraction of sp³-hybridized carbons (Fsp3) is 0.400. The van der Waals surface area contributed by atoms with Gasteiger partial charge in [-0.2, -0.15) is 0 Å². The van der Waals surface area contributed by atoms with Crippen LogP contribution in [0.1, 0.15) is 29.2 Å². The van der Waals surface area contributed by atoms with Crippen LogP contribution in [0.15, 0.2) is 29.8 Å². The average molecular weight is 366 g/mol. The molecule has 5 rings (SSSR count). The number of carbonyl (C=O) groups excluding carboxylic acids is 1. The lowest BCUT2D eigenvalue weighted by molar-refractivity contribution is -0.122. The second-order valence-corrected chi connectivity index (χ2v) is 8.47. The summed E-state index contributed by atoms with van der Waals surface area (Å²) in [6.07, 6.45) is 3.68. The molecule has 3 heterocycles. The second kappa shape index (κ2) is 5.93. The molecule has 1 fully saturated rings. The van der Waals surface area contributed by atoms with E-state index in [-0.39, 0.29) is 11.8 Å². The van der Waals surface area contributed by atoms with Crippen molar-refractivity contribution in [1.82, 2.24) is 14.9 Å². The van der Waals surface area contributed by atoms with Crippen molar-refractivity contribution in [2.75, 3.05) is 18.9 Å². The van der Waals surface area contributed by atoms with E-state index in [0.29, 0.717) is 17.1 Å². The standard InChI is InChI=1S/C20H22N4OS/c1-11-14-9-17-15(13-4-3-5-16(22-11)18(13)14)8-12(10-24(17)2)19(25)23-20-21-6-7-26-20/h3-7,12,15,17,22H,8-10H2,1-2H3,(H,21,23,25)/t12-,15-,17-/m1/s1. The van der Waals surface area contributed by atoms with Gasteiger partial charge in [-0.25, -0.2) is 4.98 Å². The molecule has 134 valence electrons. The number of aryl methyl sites for hydroxylation is 1. The maximum Gasteiger partial charge on any atom is 0.230 e. The number of rotatable bonds is 2. The monoisotopic (exact) mass is 366 g/mol. The first-order valence-electron chi connectivity index (χ1n) is 9.12. The Bertz CT molecular complexity index is 977. The molecule has 0 bridgehead atoms. The summed E-state index contributed by atoms with van der Waals surface area (Å²) in [7, 11) is 2.16. The molecular weight excluding hydrogens is 344 g/mol. The number of fused-ring (bicyclic) bond motifs is 2. The Kier molecular flexibility index (Phi) is 3.65. The number of likely N-dealkylation sites (tertiary alicyclic amines) is 1. The minimum Gasteiger partial charge on any atom is -0.358 e. The van der Waals surface area contributed by atoms with Gasteiger partial charge in [-0.1, -0.05) is 12.1 Å². The lowest BCUT2D eigenvalue weighted by Crippen LogP contribution is -2.50. The highest BCUT2D eigenvalue weighted by atomic mass is 32.1. The maximum absolute atomic E-state index is 12.8. The smallest absolute Gasteiger partial charge is 0.230 e. The third kappa shape index (κ3) is 2.40. The van der Waals surface area contributed by atoms with Crippen LogP contribution in [0.25, 0.3) is 10.9 Å². The summed E-state index contributed by atoms with van der Waals surface area (Å²) < 4.78 is 0. The number of benzene rings is 1. The predicted octanol–water partition coefficient (Wildman–Crippen LogP) is 3.53. The Labute approximate surface area is 156 Å². The van der Waals surface area contributed by atoms with Crippen LogP contribution in [0.5, 0.6) is 0 Å². The van der Waals surface area contributed by atoms with Gasteiger partial charge in [-0.05, 0) is 44.0 Å². The van der Waals surface area contributed by atoms with E-state index in [4.69, 9.17) is 0 Å². The number of hydrogen-bond acceptors (Lipinski definition) is 4. The normalized spacial score (nSPS) is 25.2. The van der Waals surface area contributed by atoms with Crippen molar-refractivity contribution in [3.8, 4) is 0 Å². The van der Waals surface area contributed by atoms with Crippen LogP contribution < -0.4 is 5.32 Å². The fourth-order valence-electron chi connectivity index (χ4n) is 4.89. The third-order valence-electron chi connectivity index (χ3n) is 6.10. The highest BCUT2D eigenvalue weighted by molar-refractivity contribution is 7.13. The van der Waals surface area contributed by atoms with Gasteiger partial charge in [-0.15, -0.1) is 11.3 Å². The largest absolute Gasteiger partial charge is 0.358 e. The van der Waals surface area contributed by atoms with Crippen LogP contribution in [0.2, 0.25) is 0 Å². The number of carbonyl (C=O) groups is 1. The van der Waals surface area contributed by atoms with Gasteiger partial charge in [0.2, 0.25) is 5.91 Å². The summed E-state index contributed by atoms with van der Waals surface area (Å²) in [6, 6.07) is 7.02. The Morgan fingerprint density at radius 1 is 1.42 bits per heavy atom. The number of aromatic amines is 1. The van der Waals surface area contributed by atoms with Gasteiger partial charge >= 0.3 is 0 Å². The van der Waals surface area contributed by atoms with E-state index in [2.05, 4.69) is 52.4 Å². The molecule has 1 aliphatic heterocycles. The first-order valence-corrected chi connectivity index (χ1v) is 10.0. The SMILES string of the molecule is Cc1[nH]c2cccc3c2c1C[C@@H]1[C@@H]3C[C@@H](C(=O)Nc2nccs2)CN1C. The quantitative estimate of drug-likeness (QED) is 0.729. The Hall–Kier alpha value is -2.18. The Balaban J connectivity index is 1.49. The Morgan fingerprint density at radius 2 is 2.31 bits per heavy atom. The van der Waals surface area contributed by atoms with Crippen LogP contribution in [0, 0.1) is 12.8 Å². The molecule has 2 aromatic heterocycles. The van der Waals surface area contributed by atoms with Crippen LogP contribution >= 0.6 is 11.3 Å². The van der Waals surface area contributed by atoms with Gasteiger partial charge in [0.1, 0.15) is 0 Å². The number of H-pyrrole nitrogens is 1. The van der Waals surface area contributed by atoms with Crippen molar-refractivity contribution in [3.05, 3.63) is 46.6 Å². The molecule has 1 saturated heterocycles. The van der Waals surface area contributed by atoms with Gasteiger partial charge in [0.05, 0.1) is 5.92 Å². The van der Waals surface area contributed by atoms with Gasteiger partial charge in [0.15, 0.2) is 5.13 Å². The predicted molar refractivity (Wildman–Crippen MR) is 105 cm³/mol. The number of nitrogens with one attached hydrogen (secondary N) is 2. The van der Waals surface area contributed by atoms with Crippen molar-refractivity contribution >= 4 is 33.3 Å². The van der Waals surface area contributed by atoms with Crippen molar-refractivity contribution in [2.24, 2.45) is 5.92 Å². The van der Waals surface area contributed by atoms with Crippen LogP contribution in [0.4, 0.5) is 5.13 Å². The van der Waals surface area contributed by atoms with Crippen molar-refractivity contribution in [2.45, 2.75) is 31.7 Å². The molecule has 2 N–H and O–H groups in total. The molecule has 0 saturated carbocycles. The van der Waals surface area contributed by atoms with E-state index in [1.54, 1.807) is 6.20 Å². The molecule has 1 aliphatic carbocycles. The van der Waals surface area contributed by atoms with Gasteiger partial charge in [-0.3, -0.25) is 4.79 Å². The fourth-order valence-corrected chi connectivity index (χ4v) is 5.42. The lowest BCUT2D eigenvalue weighted by atomic mass is 9.72. The van der Waals surface area contributed by atoms with Crippen LogP contribution in [-0.4, -0.2) is 40.4 Å². The number of aromatic nitrogens is 2. The van der Waals surface area contributed by atoms with E-state index in [1.807, 2.05) is 5.38 Å². The highest BCUT2D eigenvalue weighted by Crippen LogP contribution is 2.45. The number of nitrogens with zero attached hydrogens (tertiary/aromatic N) is 2. The van der Waals surface area contributed by atoms with Crippen molar-refractivity contribution < 1.29 is 4.79 Å². The molecule has 26 heavy (non-hydrogen) atoms. The van der Waals surface area contributed by atoms with Gasteiger partial charge in [0.25, 0.3) is 0 Å². The molecule has 1 aromatic carbocycles. The molecule has 0 radical (unpaired) electrons. The number of hydrogen-bond donors (Lipinski definition) is 2. The van der Waals surface area contributed by atoms with E-state index in [1.165, 1.54) is 39.1 Å². The average Bonchev–Trinajstić information content (AvgIpc) is 3.24. The zero-order chi connectivity index (χ0) is 17.8. The third-order valence-corrected chi connectivity index (χ3v) is 6.79. The summed E-state index contributed by atoms with van der Waals surface area (Å²) >= 11 is 1.47. The molecular formula is C20H22N4OS. The van der Waals surface area contributed by atoms with Crippen molar-refractivity contribution in [1.29, 1.82) is 0 Å². The van der Waals surface area contributed by atoms with Crippen LogP contribution in [-0.2, 0) is 11.2 Å². The number of thiazole rings is 1. The number of likely N-dealkylation sites (N-methyl/N-ethyl adjacent to an activating group) is 1. The molecule has 2 aliphatic rings. The molecule has 0 spiro atoms. The summed E-state index contributed by atoms with van der Waals surface area (Å²) in [4.78, 5) is 22.9. The van der Waals surface area contributed by atoms with Gasteiger partial charge < -0.3 is 15.2 Å². The molecule has 0 unspecified atom stereocenters. The summed E-state index contributed by atoms with van der Waals surface area (Å²) in [5.41, 5.74) is 5.36. The first kappa shape index (κ1) is 16.0. The highest BCUT2D eigenvalue weighted by Gasteiger charge is 2.41. The first-order chi connectivity index (χ1) is 12.6. The Morgan fingerprint density at radius 3 is 3.12 bits per heavy atom. The maximum atomic E-state index is 12.8. The molecule has 6 heteroatoms. The summed E-state index contributed by atoms with van der Waals surface area (Å²) in [5.74, 6) is 0.475. The van der Waals surface area contributed by atoms with Crippen molar-refractivity contribution in [3.63, 3.8) is 0 Å². The topological polar surface area (TPSA) is 61.0 Å². The molecule has 1 amide bonds. The number of amides is 1. The van der Waals surface area contributed by atoms with Gasteiger partial charge in [0, 0.05) is 46.7 Å². The zero-order valence-electron chi connectivity index (χ0n) is 15.0. The van der Waals surface area contributed by atoms with E-state index in [9.17, 15) is 4.79 Å². The summed E-state index contributed by atoms with van der Waals surface area (Å²) in [6.45, 7) is 2.97. The number of piperidine rings is 1. The van der Waals surface area contributed by atoms with E-state index in [0.717, 1.165) is 19.4 Å². The molecule has 3 atom stereocenters. The lowest BCUT2D eigenvalue weighted by Gasteiger charge is -2.45.